The van der Waals surface area contributed by atoms with Gasteiger partial charge in [-0.3, -0.25) is 14.5 Å². The van der Waals surface area contributed by atoms with Gasteiger partial charge < -0.3 is 5.11 Å². The number of aryl methyl sites for hydroxylation is 1. The van der Waals surface area contributed by atoms with Crippen molar-refractivity contribution in [1.82, 2.24) is 4.98 Å². The molecule has 4 aromatic rings. The highest BCUT2D eigenvalue weighted by Crippen LogP contribution is 2.44. The zero-order valence-electron chi connectivity index (χ0n) is 20.4. The Hall–Kier alpha value is -3.84. The molecule has 1 amide bonds. The number of aliphatic hydroxyl groups excluding tert-OH is 1. The van der Waals surface area contributed by atoms with Crippen LogP contribution in [-0.4, -0.2) is 21.8 Å². The highest BCUT2D eigenvalue weighted by molar-refractivity contribution is 7.22. The van der Waals surface area contributed by atoms with E-state index in [1.54, 1.807) is 18.2 Å². The minimum absolute atomic E-state index is 0.00204. The molecule has 7 heteroatoms. The maximum atomic E-state index is 13.8. The van der Waals surface area contributed by atoms with Crippen LogP contribution in [-0.2, 0) is 15.0 Å². The van der Waals surface area contributed by atoms with Crippen molar-refractivity contribution in [2.45, 2.75) is 39.2 Å². The van der Waals surface area contributed by atoms with Crippen LogP contribution in [0.3, 0.4) is 0 Å². The van der Waals surface area contributed by atoms with Gasteiger partial charge in [0.05, 0.1) is 21.8 Å². The van der Waals surface area contributed by atoms with Crippen LogP contribution >= 0.6 is 11.3 Å². The molecule has 182 valence electrons. The first-order valence-corrected chi connectivity index (χ1v) is 12.4. The fourth-order valence-electron chi connectivity index (χ4n) is 4.37. The second-order valence-electron chi connectivity index (χ2n) is 10.0. The molecular formula is C29H25FN2O3S. The minimum Gasteiger partial charge on any atom is -0.507 e. The lowest BCUT2D eigenvalue weighted by Gasteiger charge is -2.24. The second kappa shape index (κ2) is 8.68. The molecule has 5 nitrogen and oxygen atoms in total. The third kappa shape index (κ3) is 4.09. The standard InChI is InChI=1S/C29H25FN2O3S/c1-16-5-7-18(8-6-16)25(33)23-24(17-9-11-19(12-10-17)29(2,3)4)32(27(35)26(23)34)28-31-21-14-13-20(30)15-22(21)36-28/h5-15,24,33H,1-4H3/t24-/m0/s1. The van der Waals surface area contributed by atoms with E-state index in [1.807, 2.05) is 43.3 Å². The summed E-state index contributed by atoms with van der Waals surface area (Å²) < 4.78 is 14.4. The van der Waals surface area contributed by atoms with Gasteiger partial charge in [-0.25, -0.2) is 9.37 Å². The van der Waals surface area contributed by atoms with Gasteiger partial charge in [0.1, 0.15) is 11.6 Å². The molecular weight excluding hydrogens is 475 g/mol. The normalized spacial score (nSPS) is 17.8. The van der Waals surface area contributed by atoms with Crippen molar-refractivity contribution >= 4 is 44.1 Å². The van der Waals surface area contributed by atoms with Crippen molar-refractivity contribution in [3.63, 3.8) is 0 Å². The van der Waals surface area contributed by atoms with Crippen molar-refractivity contribution in [3.8, 4) is 0 Å². The third-order valence-corrected chi connectivity index (χ3v) is 7.42. The van der Waals surface area contributed by atoms with Gasteiger partial charge in [0.2, 0.25) is 0 Å². The number of carbonyl (C=O) groups is 2. The molecule has 0 radical (unpaired) electrons. The van der Waals surface area contributed by atoms with Gasteiger partial charge in [-0.15, -0.1) is 0 Å². The van der Waals surface area contributed by atoms with E-state index in [0.717, 1.165) is 22.5 Å². The summed E-state index contributed by atoms with van der Waals surface area (Å²) in [5.74, 6) is -2.22. The summed E-state index contributed by atoms with van der Waals surface area (Å²) >= 11 is 1.13. The number of aromatic nitrogens is 1. The zero-order chi connectivity index (χ0) is 25.8. The quantitative estimate of drug-likeness (QED) is 0.194. The number of carbonyl (C=O) groups excluding carboxylic acids is 2. The third-order valence-electron chi connectivity index (χ3n) is 6.41. The largest absolute Gasteiger partial charge is 0.507 e. The van der Waals surface area contributed by atoms with Gasteiger partial charge in [-0.05, 0) is 41.7 Å². The number of benzene rings is 3. The van der Waals surface area contributed by atoms with Gasteiger partial charge in [0.15, 0.2) is 5.13 Å². The van der Waals surface area contributed by atoms with E-state index in [9.17, 15) is 19.1 Å². The maximum Gasteiger partial charge on any atom is 0.301 e. The summed E-state index contributed by atoms with van der Waals surface area (Å²) in [6, 6.07) is 18.1. The van der Waals surface area contributed by atoms with Gasteiger partial charge >= 0.3 is 5.91 Å². The van der Waals surface area contributed by atoms with E-state index in [1.165, 1.54) is 17.0 Å². The summed E-state index contributed by atoms with van der Waals surface area (Å²) in [5.41, 5.74) is 3.65. The Labute approximate surface area is 212 Å². The van der Waals surface area contributed by atoms with E-state index in [0.29, 0.717) is 21.3 Å². The Morgan fingerprint density at radius 1 is 1.00 bits per heavy atom. The number of aliphatic hydroxyl groups is 1. The van der Waals surface area contributed by atoms with Gasteiger partial charge in [0.25, 0.3) is 5.78 Å². The van der Waals surface area contributed by atoms with Crippen LogP contribution in [0.25, 0.3) is 16.0 Å². The lowest BCUT2D eigenvalue weighted by atomic mass is 9.85. The Kier molecular flexibility index (Phi) is 5.75. The second-order valence-corrected chi connectivity index (χ2v) is 11.0. The lowest BCUT2D eigenvalue weighted by molar-refractivity contribution is -0.132. The summed E-state index contributed by atoms with van der Waals surface area (Å²) in [7, 11) is 0. The fourth-order valence-corrected chi connectivity index (χ4v) is 5.38. The number of amides is 1. The molecule has 1 aliphatic rings. The summed E-state index contributed by atoms with van der Waals surface area (Å²) in [6.07, 6.45) is 0. The maximum absolute atomic E-state index is 13.8. The predicted molar refractivity (Wildman–Crippen MR) is 141 cm³/mol. The lowest BCUT2D eigenvalue weighted by Crippen LogP contribution is -2.29. The van der Waals surface area contributed by atoms with Crippen molar-refractivity contribution in [1.29, 1.82) is 0 Å². The molecule has 1 aromatic heterocycles. The van der Waals surface area contributed by atoms with Crippen LogP contribution < -0.4 is 4.90 Å². The number of hydrogen-bond acceptors (Lipinski definition) is 5. The van der Waals surface area contributed by atoms with E-state index < -0.39 is 23.5 Å². The van der Waals surface area contributed by atoms with Crippen LogP contribution in [0.2, 0.25) is 0 Å². The molecule has 1 aliphatic heterocycles. The topological polar surface area (TPSA) is 70.5 Å². The monoisotopic (exact) mass is 500 g/mol. The van der Waals surface area contributed by atoms with Crippen LogP contribution in [0.1, 0.15) is 49.1 Å². The molecule has 0 saturated carbocycles. The van der Waals surface area contributed by atoms with Crippen molar-refractivity contribution in [2.24, 2.45) is 0 Å². The zero-order valence-corrected chi connectivity index (χ0v) is 21.2. The average molecular weight is 501 g/mol. The van der Waals surface area contributed by atoms with Crippen LogP contribution in [0, 0.1) is 12.7 Å². The van der Waals surface area contributed by atoms with Crippen molar-refractivity contribution < 1.29 is 19.1 Å². The molecule has 2 heterocycles. The molecule has 1 N–H and O–H groups in total. The average Bonchev–Trinajstić information content (AvgIpc) is 3.36. The predicted octanol–water partition coefficient (Wildman–Crippen LogP) is 6.67. The first-order valence-electron chi connectivity index (χ1n) is 11.6. The first-order chi connectivity index (χ1) is 17.0. The van der Waals surface area contributed by atoms with Gasteiger partial charge in [-0.1, -0.05) is 86.2 Å². The molecule has 0 unspecified atom stereocenters. The van der Waals surface area contributed by atoms with E-state index >= 15 is 0 Å². The fraction of sp³-hybridized carbons (Fsp3) is 0.207. The highest BCUT2D eigenvalue weighted by Gasteiger charge is 2.48. The summed E-state index contributed by atoms with van der Waals surface area (Å²) in [4.78, 5) is 32.6. The molecule has 0 spiro atoms. The Morgan fingerprint density at radius 2 is 1.67 bits per heavy atom. The van der Waals surface area contributed by atoms with E-state index in [-0.39, 0.29) is 21.9 Å². The molecule has 0 bridgehead atoms. The molecule has 3 aromatic carbocycles. The van der Waals surface area contributed by atoms with Crippen LogP contribution in [0.15, 0.2) is 72.3 Å². The number of ketones is 1. The Balaban J connectivity index is 1.71. The van der Waals surface area contributed by atoms with Crippen LogP contribution in [0.5, 0.6) is 0 Å². The van der Waals surface area contributed by atoms with Crippen molar-refractivity contribution in [2.75, 3.05) is 4.90 Å². The van der Waals surface area contributed by atoms with Gasteiger partial charge in [0, 0.05) is 5.56 Å². The number of halogens is 1. The van der Waals surface area contributed by atoms with Crippen molar-refractivity contribution in [3.05, 3.63) is 100 Å². The minimum atomic E-state index is -0.884. The Morgan fingerprint density at radius 3 is 2.31 bits per heavy atom. The number of fused-ring (bicyclic) bond motifs is 1. The Bertz CT molecular complexity index is 1530. The van der Waals surface area contributed by atoms with Gasteiger partial charge in [-0.2, -0.15) is 0 Å². The summed E-state index contributed by atoms with van der Waals surface area (Å²) in [5, 5.41) is 11.5. The van der Waals surface area contributed by atoms with E-state index in [2.05, 4.69) is 25.8 Å². The molecule has 36 heavy (non-hydrogen) atoms. The molecule has 1 atom stereocenters. The molecule has 5 rings (SSSR count). The molecule has 1 saturated heterocycles. The number of thiazole rings is 1. The number of Topliss-reactive ketones (excluding diaryl/α,β-unsaturated/α-hetero) is 1. The van der Waals surface area contributed by atoms with Crippen LogP contribution in [0.4, 0.5) is 9.52 Å². The summed E-state index contributed by atoms with van der Waals surface area (Å²) in [6.45, 7) is 8.23. The molecule has 1 fully saturated rings. The number of rotatable bonds is 3. The van der Waals surface area contributed by atoms with E-state index in [4.69, 9.17) is 0 Å². The number of anilines is 1. The first kappa shape index (κ1) is 23.9. The number of hydrogen-bond donors (Lipinski definition) is 1. The smallest absolute Gasteiger partial charge is 0.301 e. The molecule has 0 aliphatic carbocycles. The number of nitrogens with zero attached hydrogens (tertiary/aromatic N) is 2. The SMILES string of the molecule is Cc1ccc(C(O)=C2C(=O)C(=O)N(c3nc4ccc(F)cc4s3)[C@H]2c2ccc(C(C)(C)C)cc2)cc1. The highest BCUT2D eigenvalue weighted by atomic mass is 32.1.